The first-order valence-electron chi connectivity index (χ1n) is 7.72. The van der Waals surface area contributed by atoms with E-state index in [1.165, 1.54) is 12.1 Å². The topological polar surface area (TPSA) is 33.7 Å². The van der Waals surface area contributed by atoms with Gasteiger partial charge in [-0.25, -0.2) is 0 Å². The number of nitrogens with zero attached hydrogens (tertiary/aromatic N) is 1. The number of ether oxygens (including phenoxy) is 2. The monoisotopic (exact) mass is 276 g/mol. The quantitative estimate of drug-likeness (QED) is 0.916. The first kappa shape index (κ1) is 13.7. The van der Waals surface area contributed by atoms with Gasteiger partial charge in [0.05, 0.1) is 13.2 Å². The van der Waals surface area contributed by atoms with E-state index in [9.17, 15) is 0 Å². The van der Waals surface area contributed by atoms with Crippen LogP contribution < -0.4 is 15.0 Å². The van der Waals surface area contributed by atoms with E-state index in [1.807, 2.05) is 0 Å². The van der Waals surface area contributed by atoms with E-state index in [0.717, 1.165) is 58.0 Å². The van der Waals surface area contributed by atoms with E-state index in [-0.39, 0.29) is 0 Å². The van der Waals surface area contributed by atoms with Crippen LogP contribution in [0.25, 0.3) is 0 Å². The zero-order valence-electron chi connectivity index (χ0n) is 12.0. The molecule has 0 amide bonds. The van der Waals surface area contributed by atoms with Crippen molar-refractivity contribution in [2.45, 2.75) is 25.4 Å². The Bertz CT molecular complexity index is 393. The van der Waals surface area contributed by atoms with Crippen LogP contribution in [0.4, 0.5) is 5.69 Å². The summed E-state index contributed by atoms with van der Waals surface area (Å²) >= 11 is 0. The van der Waals surface area contributed by atoms with Crippen LogP contribution >= 0.6 is 0 Å². The van der Waals surface area contributed by atoms with Crippen molar-refractivity contribution >= 4 is 5.69 Å². The van der Waals surface area contributed by atoms with E-state index in [0.29, 0.717) is 6.10 Å². The summed E-state index contributed by atoms with van der Waals surface area (Å²) < 4.78 is 11.4. The molecule has 4 nitrogen and oxygen atoms in total. The largest absolute Gasteiger partial charge is 0.490 e. The molecule has 0 aromatic heterocycles. The minimum absolute atomic E-state index is 0.317. The Morgan fingerprint density at radius 2 is 1.85 bits per heavy atom. The van der Waals surface area contributed by atoms with Crippen LogP contribution in [0.2, 0.25) is 0 Å². The van der Waals surface area contributed by atoms with Crippen LogP contribution in [0.3, 0.4) is 0 Å². The Kier molecular flexibility index (Phi) is 4.77. The van der Waals surface area contributed by atoms with E-state index >= 15 is 0 Å². The number of hydrogen-bond donors (Lipinski definition) is 1. The summed E-state index contributed by atoms with van der Waals surface area (Å²) in [6.45, 7) is 6.06. The maximum Gasteiger partial charge on any atom is 0.119 e. The standard InChI is InChI=1S/C16H24N2O2/c1-8-17-9-11-18(10-1)14-2-4-15(5-3-14)20-16-6-12-19-13-7-16/h2-5,16-17H,1,6-13H2. The molecule has 2 fully saturated rings. The molecule has 0 saturated carbocycles. The van der Waals surface area contributed by atoms with Gasteiger partial charge in [0.15, 0.2) is 0 Å². The highest BCUT2D eigenvalue weighted by atomic mass is 16.5. The molecule has 0 spiro atoms. The fourth-order valence-corrected chi connectivity index (χ4v) is 2.83. The molecule has 3 rings (SSSR count). The van der Waals surface area contributed by atoms with Crippen LogP contribution in [-0.2, 0) is 4.74 Å². The lowest BCUT2D eigenvalue weighted by Crippen LogP contribution is -2.28. The molecule has 2 heterocycles. The normalized spacial score (nSPS) is 21.5. The van der Waals surface area contributed by atoms with Gasteiger partial charge in [-0.3, -0.25) is 0 Å². The van der Waals surface area contributed by atoms with Crippen LogP contribution in [0.5, 0.6) is 5.75 Å². The van der Waals surface area contributed by atoms with Crippen LogP contribution in [0.1, 0.15) is 19.3 Å². The van der Waals surface area contributed by atoms with Crippen molar-refractivity contribution in [2.24, 2.45) is 0 Å². The molecule has 1 aromatic rings. The third-order valence-electron chi connectivity index (χ3n) is 4.01. The lowest BCUT2D eigenvalue weighted by molar-refractivity contribution is 0.0256. The molecule has 2 aliphatic heterocycles. The third-order valence-corrected chi connectivity index (χ3v) is 4.01. The molecular formula is C16H24N2O2. The van der Waals surface area contributed by atoms with Gasteiger partial charge in [-0.2, -0.15) is 0 Å². The van der Waals surface area contributed by atoms with Crippen LogP contribution in [-0.4, -0.2) is 45.5 Å². The number of rotatable bonds is 3. The van der Waals surface area contributed by atoms with Gasteiger partial charge in [-0.15, -0.1) is 0 Å². The fourth-order valence-electron chi connectivity index (χ4n) is 2.83. The number of benzene rings is 1. The molecule has 1 aromatic carbocycles. The van der Waals surface area contributed by atoms with Crippen molar-refractivity contribution in [3.05, 3.63) is 24.3 Å². The fraction of sp³-hybridized carbons (Fsp3) is 0.625. The van der Waals surface area contributed by atoms with Crippen molar-refractivity contribution in [1.82, 2.24) is 5.32 Å². The average Bonchev–Trinajstić information content (AvgIpc) is 2.78. The molecule has 0 radical (unpaired) electrons. The summed E-state index contributed by atoms with van der Waals surface area (Å²) in [6, 6.07) is 8.56. The summed E-state index contributed by atoms with van der Waals surface area (Å²) in [5.74, 6) is 0.980. The second-order valence-corrected chi connectivity index (χ2v) is 5.51. The maximum atomic E-state index is 6.01. The van der Waals surface area contributed by atoms with Gasteiger partial charge >= 0.3 is 0 Å². The summed E-state index contributed by atoms with van der Waals surface area (Å²) in [5, 5.41) is 3.43. The second-order valence-electron chi connectivity index (χ2n) is 5.51. The van der Waals surface area contributed by atoms with Gasteiger partial charge in [0.1, 0.15) is 11.9 Å². The van der Waals surface area contributed by atoms with Gasteiger partial charge in [-0.1, -0.05) is 0 Å². The van der Waals surface area contributed by atoms with E-state index < -0.39 is 0 Å². The Balaban J connectivity index is 1.58. The molecule has 110 valence electrons. The number of hydrogen-bond acceptors (Lipinski definition) is 4. The Morgan fingerprint density at radius 1 is 1.05 bits per heavy atom. The highest BCUT2D eigenvalue weighted by Gasteiger charge is 2.15. The molecule has 0 unspecified atom stereocenters. The van der Waals surface area contributed by atoms with E-state index in [2.05, 4.69) is 34.5 Å². The van der Waals surface area contributed by atoms with Crippen LogP contribution in [0.15, 0.2) is 24.3 Å². The summed E-state index contributed by atoms with van der Waals surface area (Å²) in [5.41, 5.74) is 1.30. The summed E-state index contributed by atoms with van der Waals surface area (Å²) in [6.07, 6.45) is 3.52. The highest BCUT2D eigenvalue weighted by molar-refractivity contribution is 5.49. The Labute approximate surface area is 121 Å². The van der Waals surface area contributed by atoms with Crippen molar-refractivity contribution in [3.63, 3.8) is 0 Å². The predicted octanol–water partition coefficient (Wildman–Crippen LogP) is 2.04. The Hall–Kier alpha value is -1.26. The SMILES string of the molecule is c1cc(N2CCCNCC2)ccc1OC1CCOCC1. The molecule has 0 aliphatic carbocycles. The third kappa shape index (κ3) is 3.64. The number of nitrogens with one attached hydrogen (secondary N) is 1. The van der Waals surface area contributed by atoms with E-state index in [1.54, 1.807) is 0 Å². The van der Waals surface area contributed by atoms with Crippen molar-refractivity contribution in [1.29, 1.82) is 0 Å². The number of anilines is 1. The molecule has 1 N–H and O–H groups in total. The lowest BCUT2D eigenvalue weighted by atomic mass is 10.1. The van der Waals surface area contributed by atoms with Gasteiger partial charge < -0.3 is 19.7 Å². The Morgan fingerprint density at radius 3 is 2.65 bits per heavy atom. The lowest BCUT2D eigenvalue weighted by Gasteiger charge is -2.25. The van der Waals surface area contributed by atoms with Crippen molar-refractivity contribution in [3.8, 4) is 5.75 Å². The average molecular weight is 276 g/mol. The zero-order chi connectivity index (χ0) is 13.6. The minimum Gasteiger partial charge on any atom is -0.490 e. The predicted molar refractivity (Wildman–Crippen MR) is 80.6 cm³/mol. The molecule has 2 aliphatic rings. The molecule has 0 atom stereocenters. The highest BCUT2D eigenvalue weighted by Crippen LogP contribution is 2.22. The van der Waals surface area contributed by atoms with Crippen molar-refractivity contribution in [2.75, 3.05) is 44.3 Å². The van der Waals surface area contributed by atoms with Gasteiger partial charge in [-0.05, 0) is 37.2 Å². The molecule has 20 heavy (non-hydrogen) atoms. The maximum absolute atomic E-state index is 6.01. The van der Waals surface area contributed by atoms with Crippen LogP contribution in [0, 0.1) is 0 Å². The van der Waals surface area contributed by atoms with Crippen molar-refractivity contribution < 1.29 is 9.47 Å². The smallest absolute Gasteiger partial charge is 0.119 e. The summed E-state index contributed by atoms with van der Waals surface area (Å²) in [4.78, 5) is 2.44. The molecular weight excluding hydrogens is 252 g/mol. The molecule has 0 bridgehead atoms. The summed E-state index contributed by atoms with van der Waals surface area (Å²) in [7, 11) is 0. The first-order chi connectivity index (χ1) is 9.92. The zero-order valence-corrected chi connectivity index (χ0v) is 12.0. The van der Waals surface area contributed by atoms with E-state index in [4.69, 9.17) is 9.47 Å². The minimum atomic E-state index is 0.317. The molecule has 4 heteroatoms. The van der Waals surface area contributed by atoms with Gasteiger partial charge in [0.2, 0.25) is 0 Å². The van der Waals surface area contributed by atoms with Gasteiger partial charge in [0, 0.05) is 38.2 Å². The first-order valence-corrected chi connectivity index (χ1v) is 7.72. The van der Waals surface area contributed by atoms with Gasteiger partial charge in [0.25, 0.3) is 0 Å². The molecule has 2 saturated heterocycles. The second kappa shape index (κ2) is 6.95.